The van der Waals surface area contributed by atoms with Crippen LogP contribution in [0, 0.1) is 0 Å². The van der Waals surface area contributed by atoms with Gasteiger partial charge in [0, 0.05) is 11.4 Å². The maximum Gasteiger partial charge on any atom is 0.416 e. The molecule has 2 aromatic carbocycles. The summed E-state index contributed by atoms with van der Waals surface area (Å²) in [6.07, 6.45) is -4.44. The predicted octanol–water partition coefficient (Wildman–Crippen LogP) is 3.47. The summed E-state index contributed by atoms with van der Waals surface area (Å²) in [7, 11) is 1.52. The van der Waals surface area contributed by atoms with E-state index in [4.69, 9.17) is 4.74 Å². The molecule has 0 radical (unpaired) electrons. The molecule has 0 aromatic heterocycles. The summed E-state index contributed by atoms with van der Waals surface area (Å²) >= 11 is 0. The molecule has 3 amide bonds. The highest BCUT2D eigenvalue weighted by Crippen LogP contribution is 2.29. The van der Waals surface area contributed by atoms with E-state index >= 15 is 0 Å². The number of anilines is 2. The Morgan fingerprint density at radius 1 is 0.923 bits per heavy atom. The lowest BCUT2D eigenvalue weighted by Crippen LogP contribution is -2.35. The number of carbonyl (C=O) groups excluding carboxylic acids is 2. The van der Waals surface area contributed by atoms with Gasteiger partial charge in [0.15, 0.2) is 0 Å². The van der Waals surface area contributed by atoms with Crippen LogP contribution in [0.3, 0.4) is 0 Å². The third-order valence-electron chi connectivity index (χ3n) is 3.25. The van der Waals surface area contributed by atoms with Gasteiger partial charge in [-0.25, -0.2) is 4.79 Å². The average Bonchev–Trinajstić information content (AvgIpc) is 2.60. The maximum absolute atomic E-state index is 12.5. The molecule has 0 saturated heterocycles. The van der Waals surface area contributed by atoms with Crippen LogP contribution >= 0.6 is 0 Å². The topological polar surface area (TPSA) is 79.5 Å². The van der Waals surface area contributed by atoms with Crippen molar-refractivity contribution in [3.63, 3.8) is 0 Å². The molecule has 138 valence electrons. The van der Waals surface area contributed by atoms with Crippen LogP contribution in [0.4, 0.5) is 29.3 Å². The zero-order chi connectivity index (χ0) is 19.2. The van der Waals surface area contributed by atoms with Gasteiger partial charge >= 0.3 is 12.2 Å². The van der Waals surface area contributed by atoms with Crippen LogP contribution in [0.1, 0.15) is 5.56 Å². The number of nitrogens with one attached hydrogen (secondary N) is 3. The summed E-state index contributed by atoms with van der Waals surface area (Å²) < 4.78 is 42.4. The second kappa shape index (κ2) is 8.24. The van der Waals surface area contributed by atoms with E-state index in [1.807, 2.05) is 0 Å². The fraction of sp³-hybridized carbons (Fsp3) is 0.176. The first kappa shape index (κ1) is 19.1. The van der Waals surface area contributed by atoms with Crippen molar-refractivity contribution in [2.75, 3.05) is 24.3 Å². The number of hydrogen-bond acceptors (Lipinski definition) is 3. The lowest BCUT2D eigenvalue weighted by molar-refractivity contribution is -0.137. The molecule has 2 rings (SSSR count). The highest BCUT2D eigenvalue weighted by Gasteiger charge is 2.29. The molecule has 6 nitrogen and oxygen atoms in total. The van der Waals surface area contributed by atoms with Gasteiger partial charge in [-0.15, -0.1) is 0 Å². The van der Waals surface area contributed by atoms with Crippen molar-refractivity contribution in [1.29, 1.82) is 0 Å². The second-order valence-corrected chi connectivity index (χ2v) is 5.16. The number of carbonyl (C=O) groups is 2. The Morgan fingerprint density at radius 3 is 2.00 bits per heavy atom. The number of amides is 3. The molecule has 26 heavy (non-hydrogen) atoms. The van der Waals surface area contributed by atoms with Crippen LogP contribution in [0.15, 0.2) is 48.5 Å². The van der Waals surface area contributed by atoms with Gasteiger partial charge in [0.25, 0.3) is 0 Å². The predicted molar refractivity (Wildman–Crippen MR) is 90.1 cm³/mol. The highest BCUT2D eigenvalue weighted by molar-refractivity contribution is 5.96. The van der Waals surface area contributed by atoms with E-state index in [-0.39, 0.29) is 12.2 Å². The Kier molecular flexibility index (Phi) is 6.05. The first-order chi connectivity index (χ1) is 12.3. The Morgan fingerprint density at radius 2 is 1.46 bits per heavy atom. The highest BCUT2D eigenvalue weighted by atomic mass is 19.4. The fourth-order valence-corrected chi connectivity index (χ4v) is 1.96. The molecule has 2 aromatic rings. The summed E-state index contributed by atoms with van der Waals surface area (Å²) in [5.74, 6) is 0.176. The van der Waals surface area contributed by atoms with Gasteiger partial charge in [-0.1, -0.05) is 0 Å². The third-order valence-corrected chi connectivity index (χ3v) is 3.25. The van der Waals surface area contributed by atoms with E-state index in [1.165, 1.54) is 7.11 Å². The normalized spacial score (nSPS) is 10.8. The zero-order valence-electron chi connectivity index (χ0n) is 13.7. The SMILES string of the molecule is COc1ccc(NC(=O)CNC(=O)Nc2ccc(C(F)(F)F)cc2)cc1. The summed E-state index contributed by atoms with van der Waals surface area (Å²) in [5.41, 5.74) is -0.117. The number of benzene rings is 2. The van der Waals surface area contributed by atoms with Crippen LogP contribution in [-0.4, -0.2) is 25.6 Å². The van der Waals surface area contributed by atoms with Crippen molar-refractivity contribution in [1.82, 2.24) is 5.32 Å². The van der Waals surface area contributed by atoms with Gasteiger partial charge in [0.05, 0.1) is 19.2 Å². The van der Waals surface area contributed by atoms with Gasteiger partial charge in [-0.3, -0.25) is 4.79 Å². The number of alkyl halides is 3. The van der Waals surface area contributed by atoms with Crippen molar-refractivity contribution < 1.29 is 27.5 Å². The van der Waals surface area contributed by atoms with E-state index in [0.29, 0.717) is 11.4 Å². The Bertz CT molecular complexity index is 760. The van der Waals surface area contributed by atoms with Gasteiger partial charge in [-0.2, -0.15) is 13.2 Å². The van der Waals surface area contributed by atoms with Crippen molar-refractivity contribution in [3.05, 3.63) is 54.1 Å². The van der Waals surface area contributed by atoms with Crippen molar-refractivity contribution >= 4 is 23.3 Å². The molecule has 9 heteroatoms. The number of methoxy groups -OCH3 is 1. The van der Waals surface area contributed by atoms with Crippen LogP contribution in [0.5, 0.6) is 5.75 Å². The van der Waals surface area contributed by atoms with Gasteiger partial charge < -0.3 is 20.7 Å². The minimum atomic E-state index is -4.44. The van der Waals surface area contributed by atoms with Crippen LogP contribution in [0.2, 0.25) is 0 Å². The van der Waals surface area contributed by atoms with E-state index in [1.54, 1.807) is 24.3 Å². The Labute approximate surface area is 147 Å². The number of rotatable bonds is 5. The molecule has 0 aliphatic heterocycles. The molecule has 0 fully saturated rings. The number of urea groups is 1. The summed E-state index contributed by atoms with van der Waals surface area (Å²) in [6.45, 7) is -0.307. The quantitative estimate of drug-likeness (QED) is 0.757. The van der Waals surface area contributed by atoms with E-state index in [2.05, 4.69) is 16.0 Å². The lowest BCUT2D eigenvalue weighted by Gasteiger charge is -2.10. The standard InChI is InChI=1S/C17H16F3N3O3/c1-26-14-8-6-12(7-9-14)22-15(24)10-21-16(25)23-13-4-2-11(3-5-13)17(18,19)20/h2-9H,10H2,1H3,(H,22,24)(H2,21,23,25). The Hall–Kier alpha value is -3.23. The Balaban J connectivity index is 1.79. The van der Waals surface area contributed by atoms with E-state index < -0.39 is 23.7 Å². The molecule has 0 spiro atoms. The van der Waals surface area contributed by atoms with Crippen LogP contribution in [0.25, 0.3) is 0 Å². The van der Waals surface area contributed by atoms with E-state index in [9.17, 15) is 22.8 Å². The van der Waals surface area contributed by atoms with Crippen molar-refractivity contribution in [2.24, 2.45) is 0 Å². The molecule has 0 aliphatic rings. The maximum atomic E-state index is 12.5. The second-order valence-electron chi connectivity index (χ2n) is 5.16. The summed E-state index contributed by atoms with van der Waals surface area (Å²) in [6, 6.07) is 9.85. The number of hydrogen-bond donors (Lipinski definition) is 3. The summed E-state index contributed by atoms with van der Waals surface area (Å²) in [5, 5.41) is 7.23. The number of ether oxygens (including phenoxy) is 1. The molecule has 0 heterocycles. The minimum Gasteiger partial charge on any atom is -0.497 e. The molecular weight excluding hydrogens is 351 g/mol. The molecular formula is C17H16F3N3O3. The molecule has 3 N–H and O–H groups in total. The van der Waals surface area contributed by atoms with Crippen molar-refractivity contribution in [2.45, 2.75) is 6.18 Å². The van der Waals surface area contributed by atoms with Crippen LogP contribution < -0.4 is 20.7 Å². The minimum absolute atomic E-state index is 0.172. The molecule has 0 unspecified atom stereocenters. The molecule has 0 bridgehead atoms. The first-order valence-electron chi connectivity index (χ1n) is 7.44. The largest absolute Gasteiger partial charge is 0.497 e. The fourth-order valence-electron chi connectivity index (χ4n) is 1.96. The van der Waals surface area contributed by atoms with Crippen molar-refractivity contribution in [3.8, 4) is 5.75 Å². The van der Waals surface area contributed by atoms with Crippen LogP contribution in [-0.2, 0) is 11.0 Å². The van der Waals surface area contributed by atoms with E-state index in [0.717, 1.165) is 24.3 Å². The average molecular weight is 367 g/mol. The van der Waals surface area contributed by atoms with Gasteiger partial charge in [0.2, 0.25) is 5.91 Å². The smallest absolute Gasteiger partial charge is 0.416 e. The monoisotopic (exact) mass is 367 g/mol. The third kappa shape index (κ3) is 5.69. The summed E-state index contributed by atoms with van der Waals surface area (Å²) in [4.78, 5) is 23.5. The molecule has 0 aliphatic carbocycles. The first-order valence-corrected chi connectivity index (χ1v) is 7.44. The molecule has 0 saturated carbocycles. The van der Waals surface area contributed by atoms with Gasteiger partial charge in [0.1, 0.15) is 5.75 Å². The zero-order valence-corrected chi connectivity index (χ0v) is 13.7. The molecule has 0 atom stereocenters. The lowest BCUT2D eigenvalue weighted by atomic mass is 10.2. The number of halogens is 3. The van der Waals surface area contributed by atoms with Gasteiger partial charge in [-0.05, 0) is 48.5 Å².